The molecule has 0 radical (unpaired) electrons. The number of amides is 3. The quantitative estimate of drug-likeness (QED) is 0.809. The second-order valence-electron chi connectivity index (χ2n) is 7.84. The summed E-state index contributed by atoms with van der Waals surface area (Å²) in [5, 5.41) is 0. The zero-order valence-corrected chi connectivity index (χ0v) is 16.6. The van der Waals surface area contributed by atoms with Crippen molar-refractivity contribution in [1.82, 2.24) is 19.6 Å². The largest absolute Gasteiger partial charge is 0.340 e. The highest BCUT2D eigenvalue weighted by atomic mass is 16.2. The molecule has 148 valence electrons. The lowest BCUT2D eigenvalue weighted by Gasteiger charge is -2.39. The Morgan fingerprint density at radius 1 is 0.926 bits per heavy atom. The molecule has 2 saturated heterocycles. The summed E-state index contributed by atoms with van der Waals surface area (Å²) in [6.45, 7) is 5.98. The SMILES string of the molecule is CN(C)C(=O)N1CCC(C(=O)N2CCN(CCc3ccccc3)CC2)CC1. The van der Waals surface area contributed by atoms with Gasteiger partial charge in [-0.15, -0.1) is 0 Å². The van der Waals surface area contributed by atoms with Gasteiger partial charge in [0.05, 0.1) is 0 Å². The molecule has 2 heterocycles. The van der Waals surface area contributed by atoms with Crippen LogP contribution in [0.3, 0.4) is 0 Å². The molecule has 3 rings (SSSR count). The minimum absolute atomic E-state index is 0.0490. The van der Waals surface area contributed by atoms with E-state index < -0.39 is 0 Å². The number of hydrogen-bond donors (Lipinski definition) is 0. The van der Waals surface area contributed by atoms with E-state index in [0.717, 1.165) is 52.0 Å². The van der Waals surface area contributed by atoms with Crippen LogP contribution in [-0.4, -0.2) is 91.4 Å². The minimum Gasteiger partial charge on any atom is -0.340 e. The smallest absolute Gasteiger partial charge is 0.319 e. The zero-order valence-electron chi connectivity index (χ0n) is 16.6. The van der Waals surface area contributed by atoms with Crippen LogP contribution in [0.25, 0.3) is 0 Å². The van der Waals surface area contributed by atoms with Gasteiger partial charge in [0, 0.05) is 65.8 Å². The molecule has 2 aliphatic rings. The third-order valence-electron chi connectivity index (χ3n) is 5.74. The summed E-state index contributed by atoms with van der Waals surface area (Å²) in [5.74, 6) is 0.363. The molecule has 2 aliphatic heterocycles. The number of urea groups is 1. The minimum atomic E-state index is 0.0490. The molecule has 3 amide bonds. The summed E-state index contributed by atoms with van der Waals surface area (Å²) in [5.41, 5.74) is 1.37. The summed E-state index contributed by atoms with van der Waals surface area (Å²) < 4.78 is 0. The highest BCUT2D eigenvalue weighted by Crippen LogP contribution is 2.21. The van der Waals surface area contributed by atoms with Gasteiger partial charge in [0.1, 0.15) is 0 Å². The fourth-order valence-corrected chi connectivity index (χ4v) is 3.98. The number of benzene rings is 1. The average Bonchev–Trinajstić information content (AvgIpc) is 2.72. The van der Waals surface area contributed by atoms with Gasteiger partial charge in [-0.1, -0.05) is 30.3 Å². The summed E-state index contributed by atoms with van der Waals surface area (Å²) in [4.78, 5) is 32.8. The molecule has 6 nitrogen and oxygen atoms in total. The van der Waals surface area contributed by atoms with Gasteiger partial charge in [-0.3, -0.25) is 9.69 Å². The lowest BCUT2D eigenvalue weighted by Crippen LogP contribution is -2.52. The summed E-state index contributed by atoms with van der Waals surface area (Å²) in [6, 6.07) is 10.6. The molecule has 1 aromatic rings. The molecule has 2 fully saturated rings. The van der Waals surface area contributed by atoms with Crippen molar-refractivity contribution in [3.8, 4) is 0 Å². The van der Waals surface area contributed by atoms with E-state index in [4.69, 9.17) is 0 Å². The van der Waals surface area contributed by atoms with E-state index in [1.54, 1.807) is 19.0 Å². The van der Waals surface area contributed by atoms with Crippen LogP contribution in [0.15, 0.2) is 30.3 Å². The molecule has 0 unspecified atom stereocenters. The first-order chi connectivity index (χ1) is 13.0. The second-order valence-corrected chi connectivity index (χ2v) is 7.84. The van der Waals surface area contributed by atoms with Gasteiger partial charge in [0.25, 0.3) is 0 Å². The lowest BCUT2D eigenvalue weighted by atomic mass is 9.95. The maximum atomic E-state index is 12.8. The van der Waals surface area contributed by atoms with E-state index in [0.29, 0.717) is 13.1 Å². The van der Waals surface area contributed by atoms with Crippen molar-refractivity contribution in [2.75, 3.05) is 59.9 Å². The first-order valence-corrected chi connectivity index (χ1v) is 10.1. The van der Waals surface area contributed by atoms with Crippen LogP contribution in [0.1, 0.15) is 18.4 Å². The van der Waals surface area contributed by atoms with Crippen LogP contribution in [0, 0.1) is 5.92 Å². The fourth-order valence-electron chi connectivity index (χ4n) is 3.98. The average molecular weight is 373 g/mol. The fraction of sp³-hybridized carbons (Fsp3) is 0.619. The highest BCUT2D eigenvalue weighted by molar-refractivity contribution is 5.80. The van der Waals surface area contributed by atoms with Gasteiger partial charge < -0.3 is 14.7 Å². The Labute approximate surface area is 162 Å². The van der Waals surface area contributed by atoms with Crippen LogP contribution in [0.2, 0.25) is 0 Å². The maximum Gasteiger partial charge on any atom is 0.319 e. The second kappa shape index (κ2) is 9.22. The highest BCUT2D eigenvalue weighted by Gasteiger charge is 2.31. The zero-order chi connectivity index (χ0) is 19.2. The Kier molecular flexibility index (Phi) is 6.72. The first-order valence-electron chi connectivity index (χ1n) is 10.1. The Balaban J connectivity index is 1.39. The van der Waals surface area contributed by atoms with E-state index in [1.807, 2.05) is 9.80 Å². The Morgan fingerprint density at radius 2 is 1.56 bits per heavy atom. The van der Waals surface area contributed by atoms with Gasteiger partial charge in [0.2, 0.25) is 5.91 Å². The Hall–Kier alpha value is -2.08. The van der Waals surface area contributed by atoms with Crippen molar-refractivity contribution in [2.24, 2.45) is 5.92 Å². The number of nitrogens with zero attached hydrogens (tertiary/aromatic N) is 4. The van der Waals surface area contributed by atoms with Crippen molar-refractivity contribution in [2.45, 2.75) is 19.3 Å². The molecule has 0 spiro atoms. The van der Waals surface area contributed by atoms with Crippen LogP contribution >= 0.6 is 0 Å². The van der Waals surface area contributed by atoms with Gasteiger partial charge in [-0.05, 0) is 24.8 Å². The van der Waals surface area contributed by atoms with Crippen LogP contribution in [-0.2, 0) is 11.2 Å². The standard InChI is InChI=1S/C21H32N4O2/c1-22(2)21(27)25-12-9-19(10-13-25)20(26)24-16-14-23(15-17-24)11-8-18-6-4-3-5-7-18/h3-7,19H,8-17H2,1-2H3. The molecule has 0 aliphatic carbocycles. The number of rotatable bonds is 4. The molecule has 0 bridgehead atoms. The summed E-state index contributed by atoms with van der Waals surface area (Å²) in [7, 11) is 3.55. The predicted octanol–water partition coefficient (Wildman–Crippen LogP) is 1.77. The summed E-state index contributed by atoms with van der Waals surface area (Å²) in [6.07, 6.45) is 2.63. The maximum absolute atomic E-state index is 12.8. The predicted molar refractivity (Wildman–Crippen MR) is 107 cm³/mol. The van der Waals surface area contributed by atoms with Crippen molar-refractivity contribution in [3.05, 3.63) is 35.9 Å². The van der Waals surface area contributed by atoms with Crippen LogP contribution in [0.4, 0.5) is 4.79 Å². The number of hydrogen-bond acceptors (Lipinski definition) is 3. The lowest BCUT2D eigenvalue weighted by molar-refractivity contribution is -0.138. The van der Waals surface area contributed by atoms with Gasteiger partial charge in [0.15, 0.2) is 0 Å². The molecule has 0 aromatic heterocycles. The first kappa shape index (κ1) is 19.7. The van der Waals surface area contributed by atoms with Gasteiger partial charge in [-0.25, -0.2) is 4.79 Å². The summed E-state index contributed by atoms with van der Waals surface area (Å²) >= 11 is 0. The van der Waals surface area contributed by atoms with E-state index in [-0.39, 0.29) is 17.9 Å². The molecule has 6 heteroatoms. The molecule has 0 N–H and O–H groups in total. The molecular formula is C21H32N4O2. The molecule has 0 saturated carbocycles. The van der Waals surface area contributed by atoms with Crippen LogP contribution < -0.4 is 0 Å². The van der Waals surface area contributed by atoms with Gasteiger partial charge >= 0.3 is 6.03 Å². The van der Waals surface area contributed by atoms with E-state index in [2.05, 4.69) is 35.2 Å². The van der Waals surface area contributed by atoms with Crippen molar-refractivity contribution >= 4 is 11.9 Å². The Bertz CT molecular complexity index is 618. The molecule has 0 atom stereocenters. The number of piperidine rings is 1. The van der Waals surface area contributed by atoms with Gasteiger partial charge in [-0.2, -0.15) is 0 Å². The number of carbonyl (C=O) groups excluding carboxylic acids is 2. The van der Waals surface area contributed by atoms with E-state index >= 15 is 0 Å². The molecule has 1 aromatic carbocycles. The normalized spacial score (nSPS) is 19.2. The third-order valence-corrected chi connectivity index (χ3v) is 5.74. The Morgan fingerprint density at radius 3 is 2.15 bits per heavy atom. The monoisotopic (exact) mass is 372 g/mol. The van der Waals surface area contributed by atoms with Crippen molar-refractivity contribution in [3.63, 3.8) is 0 Å². The number of piperazine rings is 1. The van der Waals surface area contributed by atoms with E-state index in [9.17, 15) is 9.59 Å². The number of carbonyl (C=O) groups is 2. The van der Waals surface area contributed by atoms with Crippen LogP contribution in [0.5, 0.6) is 0 Å². The van der Waals surface area contributed by atoms with E-state index in [1.165, 1.54) is 5.56 Å². The van der Waals surface area contributed by atoms with Crippen molar-refractivity contribution < 1.29 is 9.59 Å². The third kappa shape index (κ3) is 5.22. The topological polar surface area (TPSA) is 47.1 Å². The van der Waals surface area contributed by atoms with Crippen molar-refractivity contribution in [1.29, 1.82) is 0 Å². The number of likely N-dealkylation sites (tertiary alicyclic amines) is 1. The molecular weight excluding hydrogens is 340 g/mol. The molecule has 27 heavy (non-hydrogen) atoms.